The van der Waals surface area contributed by atoms with Crippen molar-refractivity contribution in [1.29, 1.82) is 5.26 Å². The van der Waals surface area contributed by atoms with Crippen LogP contribution in [0.15, 0.2) is 48.5 Å². The number of amides is 1. The van der Waals surface area contributed by atoms with Crippen molar-refractivity contribution in [3.8, 4) is 6.07 Å². The molecule has 2 aromatic rings. The minimum atomic E-state index is -2.57. The van der Waals surface area contributed by atoms with Gasteiger partial charge in [-0.15, -0.1) is 0 Å². The molecule has 19 heavy (non-hydrogen) atoms. The molecule has 0 radical (unpaired) electrons. The number of benzene rings is 2. The fraction of sp³-hybridized carbons (Fsp3) is 0. The SMILES string of the molecule is N#Cc1ccc(N2C(=O)c3ccccc3[Se]2=O)cc1. The predicted octanol–water partition coefficient (Wildman–Crippen LogP) is 1.34. The van der Waals surface area contributed by atoms with E-state index >= 15 is 0 Å². The molecule has 1 heterocycles. The molecule has 1 aliphatic heterocycles. The van der Waals surface area contributed by atoms with Gasteiger partial charge in [-0.1, -0.05) is 0 Å². The zero-order chi connectivity index (χ0) is 13.4. The van der Waals surface area contributed by atoms with E-state index in [1.807, 2.05) is 6.07 Å². The molecule has 0 aromatic heterocycles. The first-order valence-electron chi connectivity index (χ1n) is 5.58. The van der Waals surface area contributed by atoms with Crippen LogP contribution in [0.4, 0.5) is 5.69 Å². The Labute approximate surface area is 114 Å². The second kappa shape index (κ2) is 4.43. The molecular formula is C14H8N2O2Se. The molecule has 0 saturated heterocycles. The molecule has 3 rings (SSSR count). The second-order valence-corrected chi connectivity index (χ2v) is 6.74. The van der Waals surface area contributed by atoms with Crippen LogP contribution >= 0.6 is 0 Å². The van der Waals surface area contributed by atoms with Gasteiger partial charge in [0.25, 0.3) is 0 Å². The minimum absolute atomic E-state index is 0.236. The number of fused-ring (bicyclic) bond motifs is 1. The molecule has 2 aromatic carbocycles. The van der Waals surface area contributed by atoms with Crippen LogP contribution in [-0.2, 0) is 3.83 Å². The van der Waals surface area contributed by atoms with Crippen LogP contribution in [0, 0.1) is 11.3 Å². The van der Waals surface area contributed by atoms with E-state index in [9.17, 15) is 8.63 Å². The van der Waals surface area contributed by atoms with Gasteiger partial charge in [-0.05, 0) is 0 Å². The molecule has 5 heteroatoms. The van der Waals surface area contributed by atoms with Crippen LogP contribution in [0.5, 0.6) is 0 Å². The molecule has 0 fully saturated rings. The first-order valence-corrected chi connectivity index (χ1v) is 7.90. The van der Waals surface area contributed by atoms with Crippen molar-refractivity contribution >= 4 is 30.1 Å². The Balaban J connectivity index is 2.06. The van der Waals surface area contributed by atoms with Gasteiger partial charge in [0.15, 0.2) is 0 Å². The molecule has 1 aliphatic rings. The van der Waals surface area contributed by atoms with Crippen LogP contribution < -0.4 is 8.38 Å². The van der Waals surface area contributed by atoms with E-state index in [0.29, 0.717) is 21.3 Å². The summed E-state index contributed by atoms with van der Waals surface area (Å²) in [7, 11) is 0. The third kappa shape index (κ3) is 1.78. The van der Waals surface area contributed by atoms with E-state index in [2.05, 4.69) is 0 Å². The van der Waals surface area contributed by atoms with E-state index in [0.717, 1.165) is 0 Å². The molecule has 0 saturated carbocycles. The molecule has 0 bridgehead atoms. The molecule has 0 N–H and O–H groups in total. The first-order chi connectivity index (χ1) is 9.22. The summed E-state index contributed by atoms with van der Waals surface area (Å²) in [5.74, 6) is -0.236. The molecule has 1 unspecified atom stereocenters. The monoisotopic (exact) mass is 316 g/mol. The van der Waals surface area contributed by atoms with Gasteiger partial charge in [0.2, 0.25) is 0 Å². The Morgan fingerprint density at radius 1 is 1.05 bits per heavy atom. The number of hydrogen-bond donors (Lipinski definition) is 0. The predicted molar refractivity (Wildman–Crippen MR) is 70.5 cm³/mol. The fourth-order valence-corrected chi connectivity index (χ4v) is 4.68. The summed E-state index contributed by atoms with van der Waals surface area (Å²) in [6.07, 6.45) is 0. The quantitative estimate of drug-likeness (QED) is 0.746. The van der Waals surface area contributed by atoms with Crippen LogP contribution in [0.2, 0.25) is 0 Å². The zero-order valence-electron chi connectivity index (χ0n) is 9.74. The van der Waals surface area contributed by atoms with Crippen molar-refractivity contribution in [2.45, 2.75) is 0 Å². The number of carbonyl (C=O) groups is 1. The van der Waals surface area contributed by atoms with Gasteiger partial charge in [-0.25, -0.2) is 0 Å². The summed E-state index contributed by atoms with van der Waals surface area (Å²) in [4.78, 5) is 12.3. The van der Waals surface area contributed by atoms with Crippen molar-refractivity contribution in [1.82, 2.24) is 0 Å². The Bertz CT molecular complexity index is 697. The molecule has 0 aliphatic carbocycles. The zero-order valence-corrected chi connectivity index (χ0v) is 11.5. The van der Waals surface area contributed by atoms with Gasteiger partial charge >= 0.3 is 114 Å². The van der Waals surface area contributed by atoms with Crippen molar-refractivity contribution in [3.05, 3.63) is 59.7 Å². The number of carbonyl (C=O) groups excluding carboxylic acids is 1. The molecular weight excluding hydrogens is 307 g/mol. The van der Waals surface area contributed by atoms with Crippen molar-refractivity contribution in [3.63, 3.8) is 0 Å². The van der Waals surface area contributed by atoms with Crippen LogP contribution in [0.25, 0.3) is 0 Å². The summed E-state index contributed by atoms with van der Waals surface area (Å²) in [5, 5.41) is 8.76. The van der Waals surface area contributed by atoms with E-state index in [4.69, 9.17) is 5.26 Å². The summed E-state index contributed by atoms with van der Waals surface area (Å²) in [6.45, 7) is 0. The van der Waals surface area contributed by atoms with Crippen molar-refractivity contribution < 1.29 is 8.63 Å². The third-order valence-corrected chi connectivity index (χ3v) is 5.91. The number of anilines is 1. The molecule has 92 valence electrons. The maximum absolute atomic E-state index is 12.4. The van der Waals surface area contributed by atoms with Crippen molar-refractivity contribution in [2.24, 2.45) is 0 Å². The van der Waals surface area contributed by atoms with E-state index in [-0.39, 0.29) is 5.91 Å². The van der Waals surface area contributed by atoms with Crippen LogP contribution in [0.3, 0.4) is 0 Å². The van der Waals surface area contributed by atoms with Crippen LogP contribution in [0.1, 0.15) is 15.9 Å². The number of nitriles is 1. The van der Waals surface area contributed by atoms with Crippen LogP contribution in [-0.4, -0.2) is 20.0 Å². The molecule has 0 spiro atoms. The summed E-state index contributed by atoms with van der Waals surface area (Å²) >= 11 is -2.57. The Morgan fingerprint density at radius 2 is 1.74 bits per heavy atom. The Kier molecular flexibility index (Phi) is 2.75. The average molecular weight is 315 g/mol. The third-order valence-electron chi connectivity index (χ3n) is 2.89. The van der Waals surface area contributed by atoms with E-state index in [1.54, 1.807) is 48.5 Å². The molecule has 1 atom stereocenters. The summed E-state index contributed by atoms with van der Waals surface area (Å²) < 4.78 is 14.4. The molecule has 1 amide bonds. The second-order valence-electron chi connectivity index (χ2n) is 4.00. The summed E-state index contributed by atoms with van der Waals surface area (Å²) in [6, 6.07) is 15.5. The Hall–Kier alpha value is -2.28. The van der Waals surface area contributed by atoms with Gasteiger partial charge in [0.1, 0.15) is 0 Å². The van der Waals surface area contributed by atoms with Gasteiger partial charge in [-0.3, -0.25) is 0 Å². The fourth-order valence-electron chi connectivity index (χ4n) is 1.96. The normalized spacial score (nSPS) is 17.1. The number of nitrogens with zero attached hydrogens (tertiary/aromatic N) is 2. The van der Waals surface area contributed by atoms with Gasteiger partial charge in [-0.2, -0.15) is 0 Å². The Morgan fingerprint density at radius 3 is 2.37 bits per heavy atom. The molecule has 4 nitrogen and oxygen atoms in total. The van der Waals surface area contributed by atoms with Gasteiger partial charge in [0, 0.05) is 0 Å². The van der Waals surface area contributed by atoms with Gasteiger partial charge < -0.3 is 0 Å². The number of rotatable bonds is 1. The van der Waals surface area contributed by atoms with Crippen molar-refractivity contribution in [2.75, 3.05) is 3.92 Å². The number of hydrogen-bond acceptors (Lipinski definition) is 3. The average Bonchev–Trinajstić information content (AvgIpc) is 2.72. The van der Waals surface area contributed by atoms with Gasteiger partial charge in [0.05, 0.1) is 0 Å². The van der Waals surface area contributed by atoms with E-state index in [1.165, 1.54) is 3.92 Å². The maximum atomic E-state index is 12.4. The summed E-state index contributed by atoms with van der Waals surface area (Å²) in [5.41, 5.74) is 1.59. The standard InChI is InChI=1S/C14H8N2O2Se/c15-9-10-5-7-11(8-6-10)16-14(17)12-3-1-2-4-13(12)19(16)18/h1-8H. The first kappa shape index (κ1) is 11.8. The topological polar surface area (TPSA) is 61.2 Å². The van der Waals surface area contributed by atoms with E-state index < -0.39 is 14.1 Å².